The Morgan fingerprint density at radius 1 is 1.47 bits per heavy atom. The number of rotatable bonds is 2. The third-order valence-electron chi connectivity index (χ3n) is 3.17. The van der Waals surface area contributed by atoms with Crippen LogP contribution in [-0.2, 0) is 6.61 Å². The summed E-state index contributed by atoms with van der Waals surface area (Å²) in [4.78, 5) is 6.73. The van der Waals surface area contributed by atoms with Crippen LogP contribution in [0.15, 0.2) is 18.3 Å². The fourth-order valence-corrected chi connectivity index (χ4v) is 2.20. The van der Waals surface area contributed by atoms with Gasteiger partial charge in [-0.2, -0.15) is 0 Å². The standard InChI is InChI=1S/C12H18N2O/c1-12(2)6-3-7-14(12)11-5-4-10(9-15)8-13-11/h4-5,8,15H,3,6-7,9H2,1-2H3. The molecule has 3 heteroatoms. The molecule has 0 unspecified atom stereocenters. The van der Waals surface area contributed by atoms with E-state index in [-0.39, 0.29) is 12.1 Å². The van der Waals surface area contributed by atoms with Crippen molar-refractivity contribution in [2.45, 2.75) is 38.8 Å². The van der Waals surface area contributed by atoms with E-state index in [1.807, 2.05) is 12.1 Å². The lowest BCUT2D eigenvalue weighted by atomic mass is 10.0. The van der Waals surface area contributed by atoms with Crippen molar-refractivity contribution in [1.82, 2.24) is 4.98 Å². The average molecular weight is 206 g/mol. The molecule has 1 saturated heterocycles. The number of hydrogen-bond donors (Lipinski definition) is 1. The summed E-state index contributed by atoms with van der Waals surface area (Å²) in [5, 5.41) is 8.94. The van der Waals surface area contributed by atoms with E-state index in [1.54, 1.807) is 6.20 Å². The molecule has 0 aliphatic carbocycles. The molecule has 1 aromatic rings. The quantitative estimate of drug-likeness (QED) is 0.803. The first kappa shape index (κ1) is 10.4. The maximum Gasteiger partial charge on any atom is 0.128 e. The van der Waals surface area contributed by atoms with Crippen molar-refractivity contribution in [1.29, 1.82) is 0 Å². The highest BCUT2D eigenvalue weighted by Crippen LogP contribution is 2.32. The average Bonchev–Trinajstić information content (AvgIpc) is 2.58. The highest BCUT2D eigenvalue weighted by molar-refractivity contribution is 5.43. The Bertz CT molecular complexity index is 332. The predicted octanol–water partition coefficient (Wildman–Crippen LogP) is 1.95. The fourth-order valence-electron chi connectivity index (χ4n) is 2.20. The number of hydrogen-bond acceptors (Lipinski definition) is 3. The molecular formula is C12H18N2O. The van der Waals surface area contributed by atoms with Crippen LogP contribution in [0.5, 0.6) is 0 Å². The molecule has 1 aromatic heterocycles. The van der Waals surface area contributed by atoms with Crippen molar-refractivity contribution in [3.63, 3.8) is 0 Å². The van der Waals surface area contributed by atoms with Crippen molar-refractivity contribution in [2.75, 3.05) is 11.4 Å². The first-order valence-electron chi connectivity index (χ1n) is 5.47. The summed E-state index contributed by atoms with van der Waals surface area (Å²) in [7, 11) is 0. The van der Waals surface area contributed by atoms with Gasteiger partial charge in [0.1, 0.15) is 5.82 Å². The van der Waals surface area contributed by atoms with Gasteiger partial charge in [0.2, 0.25) is 0 Å². The first-order valence-corrected chi connectivity index (χ1v) is 5.47. The van der Waals surface area contributed by atoms with Crippen LogP contribution >= 0.6 is 0 Å². The number of anilines is 1. The lowest BCUT2D eigenvalue weighted by Crippen LogP contribution is -2.38. The van der Waals surface area contributed by atoms with E-state index in [0.29, 0.717) is 0 Å². The van der Waals surface area contributed by atoms with Crippen LogP contribution in [0.3, 0.4) is 0 Å². The van der Waals surface area contributed by atoms with Crippen LogP contribution in [0.1, 0.15) is 32.3 Å². The van der Waals surface area contributed by atoms with Gasteiger partial charge in [-0.1, -0.05) is 6.07 Å². The third kappa shape index (κ3) is 1.97. The number of aromatic nitrogens is 1. The summed E-state index contributed by atoms with van der Waals surface area (Å²) in [6.07, 6.45) is 4.20. The predicted molar refractivity (Wildman–Crippen MR) is 60.8 cm³/mol. The molecule has 2 heterocycles. The van der Waals surface area contributed by atoms with Crippen LogP contribution in [0.2, 0.25) is 0 Å². The summed E-state index contributed by atoms with van der Waals surface area (Å²) in [6.45, 7) is 5.65. The van der Waals surface area contributed by atoms with Crippen molar-refractivity contribution in [3.8, 4) is 0 Å². The minimum Gasteiger partial charge on any atom is -0.392 e. The number of aliphatic hydroxyl groups is 1. The summed E-state index contributed by atoms with van der Waals surface area (Å²) in [5.41, 5.74) is 1.09. The summed E-state index contributed by atoms with van der Waals surface area (Å²) >= 11 is 0. The SMILES string of the molecule is CC1(C)CCCN1c1ccc(CO)cn1. The zero-order valence-electron chi connectivity index (χ0n) is 9.40. The van der Waals surface area contributed by atoms with E-state index < -0.39 is 0 Å². The minimum atomic E-state index is 0.0661. The fraction of sp³-hybridized carbons (Fsp3) is 0.583. The van der Waals surface area contributed by atoms with Gasteiger partial charge in [-0.15, -0.1) is 0 Å². The summed E-state index contributed by atoms with van der Waals surface area (Å²) in [6, 6.07) is 3.94. The molecule has 0 spiro atoms. The van der Waals surface area contributed by atoms with Gasteiger partial charge in [0, 0.05) is 18.3 Å². The lowest BCUT2D eigenvalue weighted by molar-refractivity contribution is 0.281. The third-order valence-corrected chi connectivity index (χ3v) is 3.17. The Labute approximate surface area is 90.8 Å². The van der Waals surface area contributed by atoms with E-state index in [2.05, 4.69) is 23.7 Å². The maximum absolute atomic E-state index is 8.94. The van der Waals surface area contributed by atoms with E-state index in [9.17, 15) is 0 Å². The second-order valence-corrected chi connectivity index (χ2v) is 4.75. The molecular weight excluding hydrogens is 188 g/mol. The van der Waals surface area contributed by atoms with E-state index in [1.165, 1.54) is 12.8 Å². The Morgan fingerprint density at radius 2 is 2.27 bits per heavy atom. The van der Waals surface area contributed by atoms with Gasteiger partial charge >= 0.3 is 0 Å². The zero-order chi connectivity index (χ0) is 10.9. The molecule has 0 amide bonds. The summed E-state index contributed by atoms with van der Waals surface area (Å²) in [5.74, 6) is 1.02. The van der Waals surface area contributed by atoms with Crippen molar-refractivity contribution in [2.24, 2.45) is 0 Å². The topological polar surface area (TPSA) is 36.4 Å². The largest absolute Gasteiger partial charge is 0.392 e. The Morgan fingerprint density at radius 3 is 2.73 bits per heavy atom. The van der Waals surface area contributed by atoms with Gasteiger partial charge in [0.25, 0.3) is 0 Å². The number of nitrogens with zero attached hydrogens (tertiary/aromatic N) is 2. The van der Waals surface area contributed by atoms with Crippen LogP contribution in [0, 0.1) is 0 Å². The first-order chi connectivity index (χ1) is 7.13. The molecule has 1 aliphatic heterocycles. The van der Waals surface area contributed by atoms with Gasteiger partial charge in [0.15, 0.2) is 0 Å². The molecule has 0 bridgehead atoms. The Hall–Kier alpha value is -1.09. The highest BCUT2D eigenvalue weighted by Gasteiger charge is 2.32. The highest BCUT2D eigenvalue weighted by atomic mass is 16.3. The van der Waals surface area contributed by atoms with Gasteiger partial charge in [-0.05, 0) is 38.3 Å². The summed E-state index contributed by atoms with van der Waals surface area (Å²) < 4.78 is 0. The minimum absolute atomic E-state index is 0.0661. The van der Waals surface area contributed by atoms with Crippen LogP contribution in [0.4, 0.5) is 5.82 Å². The lowest BCUT2D eigenvalue weighted by Gasteiger charge is -2.32. The normalized spacial score (nSPS) is 19.5. The number of pyridine rings is 1. The molecule has 0 atom stereocenters. The zero-order valence-corrected chi connectivity index (χ0v) is 9.40. The maximum atomic E-state index is 8.94. The second kappa shape index (κ2) is 3.81. The van der Waals surface area contributed by atoms with Gasteiger partial charge in [-0.3, -0.25) is 0 Å². The van der Waals surface area contributed by atoms with Crippen molar-refractivity contribution < 1.29 is 5.11 Å². The second-order valence-electron chi connectivity index (χ2n) is 4.75. The van der Waals surface area contributed by atoms with Gasteiger partial charge in [0.05, 0.1) is 6.61 Å². The van der Waals surface area contributed by atoms with E-state index in [0.717, 1.165) is 17.9 Å². The van der Waals surface area contributed by atoms with Crippen molar-refractivity contribution >= 4 is 5.82 Å². The van der Waals surface area contributed by atoms with Crippen molar-refractivity contribution in [3.05, 3.63) is 23.9 Å². The Balaban J connectivity index is 2.22. The molecule has 0 radical (unpaired) electrons. The molecule has 15 heavy (non-hydrogen) atoms. The molecule has 0 aromatic carbocycles. The van der Waals surface area contributed by atoms with Gasteiger partial charge < -0.3 is 10.0 Å². The monoisotopic (exact) mass is 206 g/mol. The molecule has 3 nitrogen and oxygen atoms in total. The smallest absolute Gasteiger partial charge is 0.128 e. The number of aliphatic hydroxyl groups excluding tert-OH is 1. The van der Waals surface area contributed by atoms with Crippen LogP contribution in [-0.4, -0.2) is 22.2 Å². The van der Waals surface area contributed by atoms with Crippen LogP contribution in [0.25, 0.3) is 0 Å². The molecule has 0 saturated carbocycles. The molecule has 1 fully saturated rings. The van der Waals surface area contributed by atoms with Crippen LogP contribution < -0.4 is 4.90 Å². The molecule has 1 aliphatic rings. The molecule has 82 valence electrons. The molecule has 1 N–H and O–H groups in total. The van der Waals surface area contributed by atoms with E-state index >= 15 is 0 Å². The molecule has 2 rings (SSSR count). The van der Waals surface area contributed by atoms with Gasteiger partial charge in [-0.25, -0.2) is 4.98 Å². The Kier molecular flexibility index (Phi) is 2.65. The van der Waals surface area contributed by atoms with E-state index in [4.69, 9.17) is 5.11 Å².